The van der Waals surface area contributed by atoms with E-state index in [9.17, 15) is 0 Å². The van der Waals surface area contributed by atoms with Crippen LogP contribution >= 0.6 is 0 Å². The fourth-order valence-corrected chi connectivity index (χ4v) is 9.24. The minimum Gasteiger partial charge on any atom is -0.208 e. The van der Waals surface area contributed by atoms with Crippen molar-refractivity contribution >= 4 is 0 Å². The Balaban J connectivity index is 0.963. The van der Waals surface area contributed by atoms with E-state index in [0.717, 1.165) is 44.5 Å². The smallest absolute Gasteiger partial charge is 0.164 e. The second-order valence-corrected chi connectivity index (χ2v) is 15.8. The van der Waals surface area contributed by atoms with Gasteiger partial charge in [-0.3, -0.25) is 0 Å². The van der Waals surface area contributed by atoms with Crippen LogP contribution in [0.3, 0.4) is 0 Å². The molecule has 0 N–H and O–H groups in total. The van der Waals surface area contributed by atoms with E-state index in [0.29, 0.717) is 34.9 Å². The highest BCUT2D eigenvalue weighted by Crippen LogP contribution is 2.56. The van der Waals surface area contributed by atoms with Crippen LogP contribution in [0.2, 0.25) is 0 Å². The lowest BCUT2D eigenvalue weighted by atomic mass is 9.68. The van der Waals surface area contributed by atoms with Crippen molar-refractivity contribution in [3.63, 3.8) is 0 Å². The molecule has 7 aromatic carbocycles. The Hall–Kier alpha value is -7.44. The summed E-state index contributed by atoms with van der Waals surface area (Å²) in [6, 6.07) is 63.1. The lowest BCUT2D eigenvalue weighted by molar-refractivity contribution is 0.353. The molecule has 11 rings (SSSR count). The van der Waals surface area contributed by atoms with Crippen LogP contribution < -0.4 is 0 Å². The van der Waals surface area contributed by atoms with Gasteiger partial charge in [0.25, 0.3) is 0 Å². The Labute approximate surface area is 349 Å². The summed E-state index contributed by atoms with van der Waals surface area (Å²) < 4.78 is 0. The number of hydrogen-bond donors (Lipinski definition) is 0. The number of nitrogens with zero attached hydrogens (tertiary/aromatic N) is 6. The molecule has 1 saturated carbocycles. The van der Waals surface area contributed by atoms with Crippen molar-refractivity contribution < 1.29 is 0 Å². The third-order valence-electron chi connectivity index (χ3n) is 12.2. The molecular weight excluding hydrogens is 733 g/mol. The molecule has 1 fully saturated rings. The predicted octanol–water partition coefficient (Wildman–Crippen LogP) is 13.0. The van der Waals surface area contributed by atoms with Gasteiger partial charge < -0.3 is 0 Å². The van der Waals surface area contributed by atoms with Gasteiger partial charge in [0.2, 0.25) is 0 Å². The van der Waals surface area contributed by atoms with Crippen molar-refractivity contribution in [3.05, 3.63) is 193 Å². The number of fused-ring (bicyclic) bond motifs is 5. The van der Waals surface area contributed by atoms with Gasteiger partial charge in [-0.2, -0.15) is 0 Å². The molecule has 0 atom stereocenters. The van der Waals surface area contributed by atoms with Crippen LogP contribution in [0, 0.1) is 0 Å². The van der Waals surface area contributed by atoms with E-state index in [2.05, 4.69) is 103 Å². The van der Waals surface area contributed by atoms with E-state index in [-0.39, 0.29) is 5.41 Å². The van der Waals surface area contributed by atoms with Crippen LogP contribution in [0.1, 0.15) is 43.2 Å². The first-order chi connectivity index (χ1) is 29.7. The van der Waals surface area contributed by atoms with Gasteiger partial charge in [0, 0.05) is 38.8 Å². The van der Waals surface area contributed by atoms with E-state index in [1.54, 1.807) is 0 Å². The average Bonchev–Trinajstić information content (AvgIpc) is 3.60. The van der Waals surface area contributed by atoms with Crippen LogP contribution in [-0.2, 0) is 5.41 Å². The predicted molar refractivity (Wildman–Crippen MR) is 241 cm³/mol. The molecule has 0 bridgehead atoms. The zero-order valence-corrected chi connectivity index (χ0v) is 33.0. The van der Waals surface area contributed by atoms with Crippen molar-refractivity contribution in [1.29, 1.82) is 0 Å². The Bertz CT molecular complexity index is 2940. The minimum absolute atomic E-state index is 0.0995. The van der Waals surface area contributed by atoms with E-state index in [1.807, 2.05) is 78.9 Å². The maximum absolute atomic E-state index is 5.20. The molecule has 6 nitrogen and oxygen atoms in total. The van der Waals surface area contributed by atoms with Crippen LogP contribution in [0.25, 0.3) is 90.6 Å². The fraction of sp³-hybridized carbons (Fsp3) is 0.111. The number of aromatic nitrogens is 6. The molecule has 0 amide bonds. The van der Waals surface area contributed by atoms with Gasteiger partial charge in [0.05, 0.1) is 0 Å². The first-order valence-electron chi connectivity index (χ1n) is 20.8. The zero-order chi connectivity index (χ0) is 39.9. The molecule has 0 radical (unpaired) electrons. The summed E-state index contributed by atoms with van der Waals surface area (Å²) in [6.07, 6.45) is 6.24. The minimum atomic E-state index is 0.0995. The molecule has 0 saturated heterocycles. The van der Waals surface area contributed by atoms with Crippen molar-refractivity contribution in [2.24, 2.45) is 0 Å². The first kappa shape index (κ1) is 35.7. The van der Waals surface area contributed by atoms with Crippen molar-refractivity contribution in [3.8, 4) is 90.6 Å². The topological polar surface area (TPSA) is 77.3 Å². The molecular formula is C54H40N6. The van der Waals surface area contributed by atoms with Crippen LogP contribution in [0.4, 0.5) is 0 Å². The van der Waals surface area contributed by atoms with Crippen LogP contribution in [0.5, 0.6) is 0 Å². The highest BCUT2D eigenvalue weighted by atomic mass is 15.0. The molecule has 2 heterocycles. The second kappa shape index (κ2) is 15.1. The Morgan fingerprint density at radius 1 is 0.267 bits per heavy atom. The number of benzene rings is 7. The third kappa shape index (κ3) is 6.47. The van der Waals surface area contributed by atoms with Crippen LogP contribution in [0.15, 0.2) is 182 Å². The normalized spacial score (nSPS) is 13.8. The molecule has 0 aliphatic heterocycles. The zero-order valence-electron chi connectivity index (χ0n) is 33.0. The van der Waals surface area contributed by atoms with E-state index in [1.165, 1.54) is 54.4 Å². The van der Waals surface area contributed by atoms with E-state index < -0.39 is 0 Å². The standard InChI is InChI=1S/C54H40N6/c1-5-16-37(17-6-1)48-55-49(38-18-7-2-8-19-38)57-51(56-48)40-28-26-36(27-29-40)41-22-15-23-42(34-41)52-58-50(39-20-9-3-10-21-39)59-53(60-52)43-30-31-47-45(35-43)44-24-11-12-25-46(44)54(47)32-13-4-14-33-54/h1-3,5-12,15-31,34-35H,4,13-14,32-33H2. The van der Waals surface area contributed by atoms with Gasteiger partial charge in [0.1, 0.15) is 0 Å². The quantitative estimate of drug-likeness (QED) is 0.161. The van der Waals surface area contributed by atoms with Gasteiger partial charge in [-0.1, -0.05) is 189 Å². The number of rotatable bonds is 7. The molecule has 6 heteroatoms. The monoisotopic (exact) mass is 772 g/mol. The largest absolute Gasteiger partial charge is 0.208 e. The van der Waals surface area contributed by atoms with Crippen molar-refractivity contribution in [1.82, 2.24) is 29.9 Å². The lowest BCUT2D eigenvalue weighted by Gasteiger charge is -2.35. The highest BCUT2D eigenvalue weighted by molar-refractivity contribution is 5.84. The summed E-state index contributed by atoms with van der Waals surface area (Å²) in [4.78, 5) is 30.1. The van der Waals surface area contributed by atoms with Crippen LogP contribution in [-0.4, -0.2) is 29.9 Å². The molecule has 2 aliphatic rings. The van der Waals surface area contributed by atoms with Gasteiger partial charge in [-0.05, 0) is 58.4 Å². The summed E-state index contributed by atoms with van der Waals surface area (Å²) in [5.74, 6) is 3.85. The SMILES string of the molecule is c1ccc(-c2nc(-c3ccccc3)nc(-c3ccc(-c4cccc(-c5nc(-c6ccccc6)nc(-c6ccc7c(c6)-c6ccccc6C76CCCCC6)n5)c4)cc3)n2)cc1. The van der Waals surface area contributed by atoms with Gasteiger partial charge in [-0.25, -0.2) is 29.9 Å². The fourth-order valence-electron chi connectivity index (χ4n) is 9.24. The molecule has 286 valence electrons. The molecule has 2 aromatic heterocycles. The van der Waals surface area contributed by atoms with Gasteiger partial charge >= 0.3 is 0 Å². The lowest BCUT2D eigenvalue weighted by Crippen LogP contribution is -2.27. The maximum Gasteiger partial charge on any atom is 0.164 e. The summed E-state index contributed by atoms with van der Waals surface area (Å²) >= 11 is 0. The Kier molecular flexibility index (Phi) is 8.96. The second-order valence-electron chi connectivity index (χ2n) is 15.8. The maximum atomic E-state index is 5.20. The average molecular weight is 773 g/mol. The third-order valence-corrected chi connectivity index (χ3v) is 12.2. The summed E-state index contributed by atoms with van der Waals surface area (Å²) in [5, 5.41) is 0. The molecule has 60 heavy (non-hydrogen) atoms. The Morgan fingerprint density at radius 2 is 0.650 bits per heavy atom. The number of hydrogen-bond acceptors (Lipinski definition) is 6. The Morgan fingerprint density at radius 3 is 1.20 bits per heavy atom. The van der Waals surface area contributed by atoms with Crippen molar-refractivity contribution in [2.45, 2.75) is 37.5 Å². The summed E-state index contributed by atoms with van der Waals surface area (Å²) in [5.41, 5.74) is 13.5. The first-order valence-corrected chi connectivity index (χ1v) is 20.8. The highest BCUT2D eigenvalue weighted by Gasteiger charge is 2.43. The van der Waals surface area contributed by atoms with E-state index >= 15 is 0 Å². The summed E-state index contributed by atoms with van der Waals surface area (Å²) in [7, 11) is 0. The van der Waals surface area contributed by atoms with Gasteiger partial charge in [0.15, 0.2) is 34.9 Å². The molecule has 1 spiro atoms. The van der Waals surface area contributed by atoms with Gasteiger partial charge in [-0.15, -0.1) is 0 Å². The summed E-state index contributed by atoms with van der Waals surface area (Å²) in [6.45, 7) is 0. The van der Waals surface area contributed by atoms with E-state index in [4.69, 9.17) is 29.9 Å². The van der Waals surface area contributed by atoms with Crippen molar-refractivity contribution in [2.75, 3.05) is 0 Å². The molecule has 0 unspecified atom stereocenters. The molecule has 9 aromatic rings. The molecule has 2 aliphatic carbocycles.